The minimum Gasteiger partial charge on any atom is -0.352 e. The molecule has 1 aliphatic carbocycles. The van der Waals surface area contributed by atoms with Gasteiger partial charge in [-0.25, -0.2) is 0 Å². The van der Waals surface area contributed by atoms with Crippen LogP contribution in [0.4, 0.5) is 0 Å². The third kappa shape index (κ3) is 4.02. The van der Waals surface area contributed by atoms with E-state index in [9.17, 15) is 9.59 Å². The Morgan fingerprint density at radius 1 is 1.18 bits per heavy atom. The Bertz CT molecular complexity index is 271. The summed E-state index contributed by atoms with van der Waals surface area (Å²) in [4.78, 5) is 23.5. The van der Waals surface area contributed by atoms with Crippen LogP contribution in [-0.2, 0) is 9.59 Å². The van der Waals surface area contributed by atoms with E-state index < -0.39 is 6.04 Å². The van der Waals surface area contributed by atoms with Gasteiger partial charge in [0.05, 0.1) is 0 Å². The maximum atomic E-state index is 11.8. The standard InChI is InChI=1S/C13H24N2O2/c1-4-11(5-2)15-12(16)9(3)14-13(17)10-7-6-8-10/h9-11H,4-8H2,1-3H3,(H,14,17)(H,15,16)/t9-/m1/s1. The van der Waals surface area contributed by atoms with Gasteiger partial charge in [-0.1, -0.05) is 20.3 Å². The van der Waals surface area contributed by atoms with Crippen molar-refractivity contribution in [1.82, 2.24) is 10.6 Å². The van der Waals surface area contributed by atoms with Crippen LogP contribution in [0.5, 0.6) is 0 Å². The van der Waals surface area contributed by atoms with Crippen LogP contribution in [0.15, 0.2) is 0 Å². The van der Waals surface area contributed by atoms with Gasteiger partial charge in [-0.2, -0.15) is 0 Å². The SMILES string of the molecule is CCC(CC)NC(=O)[C@@H](C)NC(=O)C1CCC1. The number of rotatable bonds is 6. The molecule has 2 N–H and O–H groups in total. The van der Waals surface area contributed by atoms with Crippen LogP contribution in [0.2, 0.25) is 0 Å². The molecule has 17 heavy (non-hydrogen) atoms. The minimum atomic E-state index is -0.427. The molecule has 1 atom stereocenters. The summed E-state index contributed by atoms with van der Waals surface area (Å²) in [5.41, 5.74) is 0. The average molecular weight is 240 g/mol. The van der Waals surface area contributed by atoms with Crippen LogP contribution in [-0.4, -0.2) is 23.9 Å². The molecule has 1 fully saturated rings. The molecule has 0 spiro atoms. The summed E-state index contributed by atoms with van der Waals surface area (Å²) >= 11 is 0. The Morgan fingerprint density at radius 3 is 2.18 bits per heavy atom. The highest BCUT2D eigenvalue weighted by atomic mass is 16.2. The van der Waals surface area contributed by atoms with Crippen molar-refractivity contribution in [2.45, 2.75) is 65.0 Å². The highest BCUT2D eigenvalue weighted by Gasteiger charge is 2.27. The van der Waals surface area contributed by atoms with E-state index in [0.29, 0.717) is 0 Å². The second kappa shape index (κ2) is 6.62. The molecule has 0 heterocycles. The van der Waals surface area contributed by atoms with Crippen molar-refractivity contribution in [3.05, 3.63) is 0 Å². The molecule has 0 radical (unpaired) electrons. The minimum absolute atomic E-state index is 0.0310. The summed E-state index contributed by atoms with van der Waals surface area (Å²) in [6.07, 6.45) is 4.91. The molecule has 98 valence electrons. The maximum Gasteiger partial charge on any atom is 0.242 e. The molecule has 0 aromatic carbocycles. The quantitative estimate of drug-likeness (QED) is 0.741. The van der Waals surface area contributed by atoms with Crippen molar-refractivity contribution in [2.75, 3.05) is 0 Å². The summed E-state index contributed by atoms with van der Waals surface area (Å²) in [5, 5.41) is 5.73. The molecule has 4 heteroatoms. The van der Waals surface area contributed by atoms with Gasteiger partial charge in [0.15, 0.2) is 0 Å². The van der Waals surface area contributed by atoms with Gasteiger partial charge in [0.2, 0.25) is 11.8 Å². The molecule has 4 nitrogen and oxygen atoms in total. The number of carbonyl (C=O) groups is 2. The molecule has 0 aromatic heterocycles. The van der Waals surface area contributed by atoms with Gasteiger partial charge in [0, 0.05) is 12.0 Å². The Kier molecular flexibility index (Phi) is 5.45. The van der Waals surface area contributed by atoms with Crippen molar-refractivity contribution in [3.63, 3.8) is 0 Å². The maximum absolute atomic E-state index is 11.8. The van der Waals surface area contributed by atoms with Gasteiger partial charge in [-0.3, -0.25) is 9.59 Å². The van der Waals surface area contributed by atoms with E-state index in [0.717, 1.165) is 32.1 Å². The second-order valence-corrected chi connectivity index (χ2v) is 4.88. The van der Waals surface area contributed by atoms with Gasteiger partial charge < -0.3 is 10.6 Å². The molecule has 2 amide bonds. The Balaban J connectivity index is 2.32. The van der Waals surface area contributed by atoms with Gasteiger partial charge in [0.25, 0.3) is 0 Å². The van der Waals surface area contributed by atoms with E-state index in [1.54, 1.807) is 6.92 Å². The van der Waals surface area contributed by atoms with Gasteiger partial charge in [-0.15, -0.1) is 0 Å². The number of hydrogen-bond acceptors (Lipinski definition) is 2. The topological polar surface area (TPSA) is 58.2 Å². The zero-order valence-corrected chi connectivity index (χ0v) is 11.1. The van der Waals surface area contributed by atoms with Gasteiger partial charge >= 0.3 is 0 Å². The molecule has 1 aliphatic rings. The molecule has 1 rings (SSSR count). The first-order valence-electron chi connectivity index (χ1n) is 6.69. The normalized spacial score (nSPS) is 17.4. The van der Waals surface area contributed by atoms with Crippen molar-refractivity contribution in [2.24, 2.45) is 5.92 Å². The third-order valence-corrected chi connectivity index (χ3v) is 3.56. The predicted molar refractivity (Wildman–Crippen MR) is 67.5 cm³/mol. The molecule has 1 saturated carbocycles. The van der Waals surface area contributed by atoms with Crippen molar-refractivity contribution >= 4 is 11.8 Å². The lowest BCUT2D eigenvalue weighted by molar-refractivity contribution is -0.132. The van der Waals surface area contributed by atoms with Crippen molar-refractivity contribution in [3.8, 4) is 0 Å². The van der Waals surface area contributed by atoms with Crippen LogP contribution >= 0.6 is 0 Å². The highest BCUT2D eigenvalue weighted by Crippen LogP contribution is 2.26. The highest BCUT2D eigenvalue weighted by molar-refractivity contribution is 5.88. The summed E-state index contributed by atoms with van der Waals surface area (Å²) in [7, 11) is 0. The Hall–Kier alpha value is -1.06. The van der Waals surface area contributed by atoms with Gasteiger partial charge in [-0.05, 0) is 32.6 Å². The summed E-state index contributed by atoms with van der Waals surface area (Å²) < 4.78 is 0. The van der Waals surface area contributed by atoms with E-state index in [1.165, 1.54) is 0 Å². The number of nitrogens with one attached hydrogen (secondary N) is 2. The Labute approximate surface area is 104 Å². The van der Waals surface area contributed by atoms with Gasteiger partial charge in [0.1, 0.15) is 6.04 Å². The van der Waals surface area contributed by atoms with E-state index in [1.807, 2.05) is 13.8 Å². The molecule has 0 aromatic rings. The Morgan fingerprint density at radius 2 is 1.76 bits per heavy atom. The summed E-state index contributed by atoms with van der Waals surface area (Å²) in [5.74, 6) is 0.0909. The fourth-order valence-electron chi connectivity index (χ4n) is 1.89. The lowest BCUT2D eigenvalue weighted by atomic mass is 9.84. The zero-order valence-electron chi connectivity index (χ0n) is 11.1. The second-order valence-electron chi connectivity index (χ2n) is 4.88. The fraction of sp³-hybridized carbons (Fsp3) is 0.846. The lowest BCUT2D eigenvalue weighted by Crippen LogP contribution is -2.49. The lowest BCUT2D eigenvalue weighted by Gasteiger charge is -2.26. The van der Waals surface area contributed by atoms with Crippen LogP contribution in [0.3, 0.4) is 0 Å². The summed E-state index contributed by atoms with van der Waals surface area (Å²) in [6.45, 7) is 5.84. The molecular formula is C13H24N2O2. The third-order valence-electron chi connectivity index (χ3n) is 3.56. The van der Waals surface area contributed by atoms with Crippen LogP contribution in [0, 0.1) is 5.92 Å². The molecule has 0 saturated heterocycles. The van der Waals surface area contributed by atoms with Crippen LogP contribution in [0.25, 0.3) is 0 Å². The first-order chi connectivity index (χ1) is 8.08. The molecule has 0 bridgehead atoms. The first kappa shape index (κ1) is 14.0. The largest absolute Gasteiger partial charge is 0.352 e. The van der Waals surface area contributed by atoms with E-state index in [4.69, 9.17) is 0 Å². The molecular weight excluding hydrogens is 216 g/mol. The summed E-state index contributed by atoms with van der Waals surface area (Å²) in [6, 6.07) is -0.214. The molecule has 0 aliphatic heterocycles. The van der Waals surface area contributed by atoms with E-state index >= 15 is 0 Å². The van der Waals surface area contributed by atoms with Crippen molar-refractivity contribution in [1.29, 1.82) is 0 Å². The zero-order chi connectivity index (χ0) is 12.8. The monoisotopic (exact) mass is 240 g/mol. The van der Waals surface area contributed by atoms with Crippen LogP contribution in [0.1, 0.15) is 52.9 Å². The number of carbonyl (C=O) groups excluding carboxylic acids is 2. The van der Waals surface area contributed by atoms with E-state index in [-0.39, 0.29) is 23.8 Å². The van der Waals surface area contributed by atoms with E-state index in [2.05, 4.69) is 10.6 Å². The molecule has 0 unspecified atom stereocenters. The average Bonchev–Trinajstić information content (AvgIpc) is 2.22. The first-order valence-corrected chi connectivity index (χ1v) is 6.69. The predicted octanol–water partition coefficient (Wildman–Crippen LogP) is 1.60. The van der Waals surface area contributed by atoms with Crippen molar-refractivity contribution < 1.29 is 9.59 Å². The fourth-order valence-corrected chi connectivity index (χ4v) is 1.89. The number of amides is 2. The smallest absolute Gasteiger partial charge is 0.242 e. The number of hydrogen-bond donors (Lipinski definition) is 2. The van der Waals surface area contributed by atoms with Crippen LogP contribution < -0.4 is 10.6 Å².